The molecule has 2 N–H and O–H groups in total. The lowest BCUT2D eigenvalue weighted by atomic mass is 10.1. The molecule has 2 aromatic rings. The largest absolute Gasteiger partial charge is 0.328 e. The van der Waals surface area contributed by atoms with Gasteiger partial charge in [0, 0.05) is 16.4 Å². The van der Waals surface area contributed by atoms with Crippen LogP contribution in [0.4, 0.5) is 11.6 Å². The van der Waals surface area contributed by atoms with Crippen LogP contribution in [0.1, 0.15) is 12.7 Å². The zero-order chi connectivity index (χ0) is 15.0. The Morgan fingerprint density at radius 1 is 1.43 bits per heavy atom. The number of aromatic nitrogens is 3. The van der Waals surface area contributed by atoms with Crippen molar-refractivity contribution in [2.24, 2.45) is 0 Å². The normalized spacial score (nSPS) is 13.7. The second kappa shape index (κ2) is 5.21. The number of rotatable bonds is 2. The molecule has 0 saturated heterocycles. The number of fused-ring (bicyclic) bond motifs is 1. The van der Waals surface area contributed by atoms with Crippen molar-refractivity contribution in [2.75, 3.05) is 10.6 Å². The van der Waals surface area contributed by atoms with Gasteiger partial charge in [0.25, 0.3) is 5.91 Å². The number of benzene rings is 1. The maximum Gasteiger partial charge on any atom is 0.255 e. The second-order valence-electron chi connectivity index (χ2n) is 4.83. The number of carbonyl (C=O) groups is 1. The predicted molar refractivity (Wildman–Crippen MR) is 81.2 cm³/mol. The molecule has 0 spiro atoms. The van der Waals surface area contributed by atoms with Gasteiger partial charge in [-0.1, -0.05) is 17.7 Å². The minimum atomic E-state index is -0.180. The first-order chi connectivity index (χ1) is 10.0. The van der Waals surface area contributed by atoms with Gasteiger partial charge in [-0.15, -0.1) is 0 Å². The van der Waals surface area contributed by atoms with Crippen molar-refractivity contribution < 1.29 is 4.79 Å². The summed E-state index contributed by atoms with van der Waals surface area (Å²) in [5.41, 5.74) is 2.05. The third kappa shape index (κ3) is 2.75. The molecule has 0 saturated carbocycles. The van der Waals surface area contributed by atoms with Gasteiger partial charge in [-0.2, -0.15) is 10.1 Å². The highest BCUT2D eigenvalue weighted by Crippen LogP contribution is 2.21. The Morgan fingerprint density at radius 2 is 2.24 bits per heavy atom. The number of allylic oxidation sites excluding steroid dienone is 1. The van der Waals surface area contributed by atoms with Gasteiger partial charge in [-0.05, 0) is 32.0 Å². The van der Waals surface area contributed by atoms with Crippen LogP contribution in [0.2, 0.25) is 5.02 Å². The number of aryl methyl sites for hydroxylation is 1. The minimum Gasteiger partial charge on any atom is -0.328 e. The van der Waals surface area contributed by atoms with Crippen molar-refractivity contribution in [1.29, 1.82) is 0 Å². The van der Waals surface area contributed by atoms with Crippen LogP contribution in [0.5, 0.6) is 0 Å². The lowest BCUT2D eigenvalue weighted by molar-refractivity contribution is -0.113. The number of hydrogen-bond donors (Lipinski definition) is 2. The number of nitrogens with zero attached hydrogens (tertiary/aromatic N) is 3. The van der Waals surface area contributed by atoms with Gasteiger partial charge in [-0.25, -0.2) is 4.68 Å². The molecular weight excluding hydrogens is 290 g/mol. The number of anilines is 2. The quantitative estimate of drug-likeness (QED) is 0.894. The standard InChI is InChI=1S/C14H14ClN5O/c1-8-12(7-20-14(16-8)17-9(2)19-20)13(21)18-11-5-3-4-10(15)6-11/h3-6H,7H2,1-2H3,(H,18,21)(H,16,17,19). The Bertz CT molecular complexity index is 750. The van der Waals surface area contributed by atoms with Gasteiger partial charge in [-0.3, -0.25) is 4.79 Å². The molecule has 2 heterocycles. The van der Waals surface area contributed by atoms with E-state index in [1.54, 1.807) is 28.9 Å². The van der Waals surface area contributed by atoms with Gasteiger partial charge < -0.3 is 10.6 Å². The minimum absolute atomic E-state index is 0.180. The van der Waals surface area contributed by atoms with Crippen LogP contribution in [0, 0.1) is 6.92 Å². The van der Waals surface area contributed by atoms with E-state index in [1.165, 1.54) is 0 Å². The van der Waals surface area contributed by atoms with Gasteiger partial charge in [0.2, 0.25) is 5.95 Å². The smallest absolute Gasteiger partial charge is 0.255 e. The first-order valence-electron chi connectivity index (χ1n) is 6.48. The molecule has 0 radical (unpaired) electrons. The maximum atomic E-state index is 12.4. The predicted octanol–water partition coefficient (Wildman–Crippen LogP) is 2.58. The number of halogens is 1. The van der Waals surface area contributed by atoms with E-state index in [1.807, 2.05) is 13.8 Å². The third-order valence-corrected chi connectivity index (χ3v) is 3.43. The first-order valence-corrected chi connectivity index (χ1v) is 6.86. The van der Waals surface area contributed by atoms with Crippen molar-refractivity contribution in [2.45, 2.75) is 20.4 Å². The molecule has 1 aromatic carbocycles. The van der Waals surface area contributed by atoms with Gasteiger partial charge >= 0.3 is 0 Å². The van der Waals surface area contributed by atoms with Crippen LogP contribution in [0.3, 0.4) is 0 Å². The van der Waals surface area contributed by atoms with Crippen molar-refractivity contribution in [3.8, 4) is 0 Å². The highest BCUT2D eigenvalue weighted by atomic mass is 35.5. The second-order valence-corrected chi connectivity index (χ2v) is 5.27. The average molecular weight is 304 g/mol. The van der Waals surface area contributed by atoms with Crippen molar-refractivity contribution in [3.63, 3.8) is 0 Å². The summed E-state index contributed by atoms with van der Waals surface area (Å²) in [7, 11) is 0. The molecule has 1 aliphatic heterocycles. The maximum absolute atomic E-state index is 12.4. The van der Waals surface area contributed by atoms with Gasteiger partial charge in [0.15, 0.2) is 0 Å². The van der Waals surface area contributed by atoms with E-state index in [4.69, 9.17) is 11.6 Å². The molecule has 0 bridgehead atoms. The molecular formula is C14H14ClN5O. The Labute approximate surface area is 126 Å². The first kappa shape index (κ1) is 13.6. The van der Waals surface area contributed by atoms with Crippen LogP contribution in [-0.4, -0.2) is 20.7 Å². The van der Waals surface area contributed by atoms with E-state index in [0.717, 1.165) is 5.70 Å². The van der Waals surface area contributed by atoms with Gasteiger partial charge in [0.1, 0.15) is 5.82 Å². The summed E-state index contributed by atoms with van der Waals surface area (Å²) in [6.45, 7) is 4.05. The Balaban J connectivity index is 1.81. The monoisotopic (exact) mass is 303 g/mol. The summed E-state index contributed by atoms with van der Waals surface area (Å²) in [4.78, 5) is 16.6. The highest BCUT2D eigenvalue weighted by molar-refractivity contribution is 6.30. The Hall–Kier alpha value is -2.34. The fraction of sp³-hybridized carbons (Fsp3) is 0.214. The fourth-order valence-corrected chi connectivity index (χ4v) is 2.37. The number of nitrogens with one attached hydrogen (secondary N) is 2. The zero-order valence-electron chi connectivity index (χ0n) is 11.6. The third-order valence-electron chi connectivity index (χ3n) is 3.19. The molecule has 1 amide bonds. The number of carbonyl (C=O) groups excluding carboxylic acids is 1. The van der Waals surface area contributed by atoms with E-state index in [0.29, 0.717) is 34.6 Å². The molecule has 6 nitrogen and oxygen atoms in total. The lowest BCUT2D eigenvalue weighted by Gasteiger charge is -2.19. The molecule has 108 valence electrons. The number of amides is 1. The van der Waals surface area contributed by atoms with Crippen LogP contribution in [0.15, 0.2) is 35.5 Å². The van der Waals surface area contributed by atoms with Crippen molar-refractivity contribution in [3.05, 3.63) is 46.4 Å². The Kier molecular flexibility index (Phi) is 3.39. The van der Waals surface area contributed by atoms with Gasteiger partial charge in [0.05, 0.1) is 12.1 Å². The zero-order valence-corrected chi connectivity index (χ0v) is 12.4. The topological polar surface area (TPSA) is 71.8 Å². The lowest BCUT2D eigenvalue weighted by Crippen LogP contribution is -2.26. The SMILES string of the molecule is CC1=C(C(=O)Nc2cccc(Cl)c2)Cn2nc(C)nc2N1. The average Bonchev–Trinajstić information content (AvgIpc) is 2.76. The molecule has 0 unspecified atom stereocenters. The van der Waals surface area contributed by atoms with Crippen LogP contribution >= 0.6 is 11.6 Å². The van der Waals surface area contributed by atoms with E-state index in [9.17, 15) is 4.79 Å². The van der Waals surface area contributed by atoms with E-state index in [-0.39, 0.29) is 5.91 Å². The summed E-state index contributed by atoms with van der Waals surface area (Å²) < 4.78 is 1.68. The summed E-state index contributed by atoms with van der Waals surface area (Å²) in [6.07, 6.45) is 0. The van der Waals surface area contributed by atoms with Crippen molar-refractivity contribution >= 4 is 29.1 Å². The molecule has 1 aliphatic rings. The molecule has 1 aromatic heterocycles. The summed E-state index contributed by atoms with van der Waals surface area (Å²) in [6, 6.07) is 7.04. The molecule has 7 heteroatoms. The number of hydrogen-bond acceptors (Lipinski definition) is 4. The Morgan fingerprint density at radius 3 is 3.00 bits per heavy atom. The van der Waals surface area contributed by atoms with E-state index < -0.39 is 0 Å². The summed E-state index contributed by atoms with van der Waals surface area (Å²) in [5, 5.41) is 10.8. The van der Waals surface area contributed by atoms with E-state index in [2.05, 4.69) is 20.7 Å². The molecule has 0 fully saturated rings. The molecule has 0 aliphatic carbocycles. The van der Waals surface area contributed by atoms with Crippen LogP contribution in [-0.2, 0) is 11.3 Å². The summed E-state index contributed by atoms with van der Waals surface area (Å²) >= 11 is 5.91. The van der Waals surface area contributed by atoms with E-state index >= 15 is 0 Å². The highest BCUT2D eigenvalue weighted by Gasteiger charge is 2.22. The van der Waals surface area contributed by atoms with Crippen LogP contribution in [0.25, 0.3) is 0 Å². The summed E-state index contributed by atoms with van der Waals surface area (Å²) in [5.74, 6) is 1.15. The van der Waals surface area contributed by atoms with Crippen molar-refractivity contribution in [1.82, 2.24) is 14.8 Å². The molecule has 0 atom stereocenters. The fourth-order valence-electron chi connectivity index (χ4n) is 2.18. The molecule has 3 rings (SSSR count). The van der Waals surface area contributed by atoms with Crippen LogP contribution < -0.4 is 10.6 Å². The molecule has 21 heavy (non-hydrogen) atoms.